The highest BCUT2D eigenvalue weighted by Gasteiger charge is 2.11. The van der Waals surface area contributed by atoms with Gasteiger partial charge in [-0.2, -0.15) is 0 Å². The Kier molecular flexibility index (Phi) is 5.80. The lowest BCUT2D eigenvalue weighted by Gasteiger charge is -2.13. The fourth-order valence-corrected chi connectivity index (χ4v) is 3.20. The molecular formula is C21H21ClN4O2. The lowest BCUT2D eigenvalue weighted by Crippen LogP contribution is -2.13. The molecule has 144 valence electrons. The zero-order valence-electron chi connectivity index (χ0n) is 16.1. The van der Waals surface area contributed by atoms with Crippen LogP contribution in [0.4, 0.5) is 17.3 Å². The van der Waals surface area contributed by atoms with Crippen molar-refractivity contribution in [2.75, 3.05) is 17.7 Å². The quantitative estimate of drug-likeness (QED) is 0.630. The molecule has 3 rings (SSSR count). The van der Waals surface area contributed by atoms with Crippen LogP contribution in [0.15, 0.2) is 42.7 Å². The van der Waals surface area contributed by atoms with Gasteiger partial charge in [0, 0.05) is 23.8 Å². The van der Waals surface area contributed by atoms with E-state index in [1.165, 1.54) is 25.1 Å². The number of nitrogens with one attached hydrogen (secondary N) is 2. The summed E-state index contributed by atoms with van der Waals surface area (Å²) in [6, 6.07) is 9.21. The lowest BCUT2D eigenvalue weighted by molar-refractivity contribution is 0.102. The first-order valence-corrected chi connectivity index (χ1v) is 9.07. The van der Waals surface area contributed by atoms with E-state index < -0.39 is 0 Å². The molecule has 3 aromatic rings. The number of anilines is 3. The van der Waals surface area contributed by atoms with Crippen LogP contribution in [0, 0.1) is 20.8 Å². The average molecular weight is 397 g/mol. The number of hydrogen-bond acceptors (Lipinski definition) is 5. The molecule has 0 saturated carbocycles. The Balaban J connectivity index is 1.72. The Morgan fingerprint density at radius 1 is 1.04 bits per heavy atom. The summed E-state index contributed by atoms with van der Waals surface area (Å²) in [7, 11) is 1.53. The average Bonchev–Trinajstić information content (AvgIpc) is 2.65. The van der Waals surface area contributed by atoms with Gasteiger partial charge in [0.2, 0.25) is 5.95 Å². The zero-order valence-corrected chi connectivity index (χ0v) is 16.9. The third-order valence-electron chi connectivity index (χ3n) is 4.24. The van der Waals surface area contributed by atoms with E-state index in [1.807, 2.05) is 13.8 Å². The summed E-state index contributed by atoms with van der Waals surface area (Å²) in [6.07, 6.45) is 2.96. The van der Waals surface area contributed by atoms with Crippen LogP contribution in [0.1, 0.15) is 27.0 Å². The topological polar surface area (TPSA) is 76.1 Å². The molecule has 6 nitrogen and oxygen atoms in total. The van der Waals surface area contributed by atoms with E-state index >= 15 is 0 Å². The van der Waals surface area contributed by atoms with E-state index in [4.69, 9.17) is 16.3 Å². The highest BCUT2D eigenvalue weighted by molar-refractivity contribution is 6.32. The van der Waals surface area contributed by atoms with Crippen LogP contribution in [0.2, 0.25) is 5.02 Å². The summed E-state index contributed by atoms with van der Waals surface area (Å²) in [4.78, 5) is 20.9. The number of rotatable bonds is 5. The van der Waals surface area contributed by atoms with Gasteiger partial charge >= 0.3 is 0 Å². The van der Waals surface area contributed by atoms with Crippen LogP contribution >= 0.6 is 11.6 Å². The zero-order chi connectivity index (χ0) is 20.3. The second-order valence-corrected chi connectivity index (χ2v) is 6.90. The Labute approximate surface area is 168 Å². The standard InChI is InChI=1S/C21H21ClN4O2/c1-12-7-13(2)19(14(3)8-12)26-21-23-10-15(11-24-21)20(27)25-16-5-6-18(28-4)17(22)9-16/h5-11H,1-4H3,(H,25,27)(H,23,24,26). The van der Waals surface area contributed by atoms with Gasteiger partial charge < -0.3 is 15.4 Å². The largest absolute Gasteiger partial charge is 0.495 e. The SMILES string of the molecule is COc1ccc(NC(=O)c2cnc(Nc3c(C)cc(C)cc3C)nc2)cc1Cl. The highest BCUT2D eigenvalue weighted by atomic mass is 35.5. The van der Waals surface area contributed by atoms with Gasteiger partial charge in [-0.3, -0.25) is 4.79 Å². The molecule has 0 aliphatic carbocycles. The fraction of sp³-hybridized carbons (Fsp3) is 0.190. The van der Waals surface area contributed by atoms with E-state index in [0.29, 0.717) is 28.0 Å². The van der Waals surface area contributed by atoms with Gasteiger partial charge in [0.15, 0.2) is 0 Å². The summed E-state index contributed by atoms with van der Waals surface area (Å²) in [6.45, 7) is 6.12. The first-order chi connectivity index (χ1) is 13.4. The monoisotopic (exact) mass is 396 g/mol. The van der Waals surface area contributed by atoms with Crippen LogP contribution in [0.5, 0.6) is 5.75 Å². The summed E-state index contributed by atoms with van der Waals surface area (Å²) in [5.74, 6) is 0.648. The van der Waals surface area contributed by atoms with Gasteiger partial charge in [0.25, 0.3) is 5.91 Å². The number of ether oxygens (including phenoxy) is 1. The van der Waals surface area contributed by atoms with Gasteiger partial charge in [-0.1, -0.05) is 29.3 Å². The predicted molar refractivity (Wildman–Crippen MR) is 112 cm³/mol. The molecule has 1 heterocycles. The fourth-order valence-electron chi connectivity index (χ4n) is 2.95. The van der Waals surface area contributed by atoms with E-state index in [1.54, 1.807) is 18.2 Å². The summed E-state index contributed by atoms with van der Waals surface area (Å²) >= 11 is 6.08. The van der Waals surface area contributed by atoms with Crippen LogP contribution < -0.4 is 15.4 Å². The number of aromatic nitrogens is 2. The van der Waals surface area contributed by atoms with E-state index in [2.05, 4.69) is 39.7 Å². The van der Waals surface area contributed by atoms with Crippen LogP contribution in [0.3, 0.4) is 0 Å². The van der Waals surface area contributed by atoms with Crippen molar-refractivity contribution in [1.82, 2.24) is 9.97 Å². The lowest BCUT2D eigenvalue weighted by atomic mass is 10.1. The molecule has 2 N–H and O–H groups in total. The third kappa shape index (κ3) is 4.40. The maximum atomic E-state index is 12.4. The smallest absolute Gasteiger partial charge is 0.258 e. The second kappa shape index (κ2) is 8.27. The van der Waals surface area contributed by atoms with Crippen molar-refractivity contribution in [2.24, 2.45) is 0 Å². The summed E-state index contributed by atoms with van der Waals surface area (Å²) in [5, 5.41) is 6.40. The van der Waals surface area contributed by atoms with Crippen LogP contribution in [-0.2, 0) is 0 Å². The van der Waals surface area contributed by atoms with Crippen molar-refractivity contribution < 1.29 is 9.53 Å². The molecule has 0 bridgehead atoms. The van der Waals surface area contributed by atoms with Crippen molar-refractivity contribution in [1.29, 1.82) is 0 Å². The number of nitrogens with zero attached hydrogens (tertiary/aromatic N) is 2. The van der Waals surface area contributed by atoms with Crippen LogP contribution in [0.25, 0.3) is 0 Å². The van der Waals surface area contributed by atoms with Crippen molar-refractivity contribution >= 4 is 34.8 Å². The number of hydrogen-bond donors (Lipinski definition) is 2. The maximum absolute atomic E-state index is 12.4. The molecule has 1 amide bonds. The molecule has 28 heavy (non-hydrogen) atoms. The van der Waals surface area contributed by atoms with E-state index in [0.717, 1.165) is 16.8 Å². The van der Waals surface area contributed by atoms with Crippen molar-refractivity contribution in [3.05, 3.63) is 70.0 Å². The van der Waals surface area contributed by atoms with Gasteiger partial charge in [-0.15, -0.1) is 0 Å². The van der Waals surface area contributed by atoms with Crippen LogP contribution in [-0.4, -0.2) is 23.0 Å². The predicted octanol–water partition coefficient (Wildman–Crippen LogP) is 5.06. The van der Waals surface area contributed by atoms with Crippen molar-refractivity contribution in [3.63, 3.8) is 0 Å². The molecule has 7 heteroatoms. The summed E-state index contributed by atoms with van der Waals surface area (Å²) < 4.78 is 5.10. The second-order valence-electron chi connectivity index (χ2n) is 6.50. The number of halogens is 1. The number of amides is 1. The molecule has 0 atom stereocenters. The number of carbonyl (C=O) groups excluding carboxylic acids is 1. The number of benzene rings is 2. The Morgan fingerprint density at radius 2 is 1.68 bits per heavy atom. The molecular weight excluding hydrogens is 376 g/mol. The Hall–Kier alpha value is -3.12. The van der Waals surface area contributed by atoms with Gasteiger partial charge in [0.05, 0.1) is 17.7 Å². The molecule has 2 aromatic carbocycles. The Bertz CT molecular complexity index is 996. The number of aryl methyl sites for hydroxylation is 3. The first kappa shape index (κ1) is 19.6. The molecule has 0 spiro atoms. The molecule has 0 radical (unpaired) electrons. The maximum Gasteiger partial charge on any atom is 0.258 e. The van der Waals surface area contributed by atoms with Crippen molar-refractivity contribution in [2.45, 2.75) is 20.8 Å². The number of methoxy groups -OCH3 is 1. The van der Waals surface area contributed by atoms with Crippen molar-refractivity contribution in [3.8, 4) is 5.75 Å². The molecule has 1 aromatic heterocycles. The molecule has 0 aliphatic rings. The van der Waals surface area contributed by atoms with E-state index in [9.17, 15) is 4.79 Å². The van der Waals surface area contributed by atoms with Gasteiger partial charge in [-0.25, -0.2) is 9.97 Å². The van der Waals surface area contributed by atoms with E-state index in [-0.39, 0.29) is 5.91 Å². The number of carbonyl (C=O) groups is 1. The molecule has 0 aliphatic heterocycles. The normalized spacial score (nSPS) is 10.5. The Morgan fingerprint density at radius 3 is 2.25 bits per heavy atom. The van der Waals surface area contributed by atoms with Gasteiger partial charge in [-0.05, 0) is 50.1 Å². The van der Waals surface area contributed by atoms with Gasteiger partial charge in [0.1, 0.15) is 5.75 Å². The molecule has 0 fully saturated rings. The summed E-state index contributed by atoms with van der Waals surface area (Å²) in [5.41, 5.74) is 5.29. The third-order valence-corrected chi connectivity index (χ3v) is 4.53. The highest BCUT2D eigenvalue weighted by Crippen LogP contribution is 2.27. The first-order valence-electron chi connectivity index (χ1n) is 8.69. The minimum Gasteiger partial charge on any atom is -0.495 e. The minimum atomic E-state index is -0.324. The molecule has 0 saturated heterocycles. The molecule has 0 unspecified atom stereocenters. The minimum absolute atomic E-state index is 0.324.